The molecule has 0 bridgehead atoms. The van der Waals surface area contributed by atoms with Gasteiger partial charge in [-0.05, 0) is 60.2 Å². The average Bonchev–Trinajstić information content (AvgIpc) is 2.78. The number of nitrogens with one attached hydrogen (secondary N) is 1. The molecule has 0 heterocycles. The number of carbonyl (C=O) groups is 1. The quantitative estimate of drug-likeness (QED) is 0.404. The van der Waals surface area contributed by atoms with Crippen molar-refractivity contribution in [3.8, 4) is 17.2 Å². The highest BCUT2D eigenvalue weighted by Crippen LogP contribution is 2.24. The third-order valence-corrected chi connectivity index (χ3v) is 4.28. The smallest absolute Gasteiger partial charge is 0.335 e. The number of carboxylic acid groups (broad SMARTS) is 1. The van der Waals surface area contributed by atoms with Crippen LogP contribution < -0.4 is 19.6 Å². The molecular weight excluding hydrogens is 384 g/mol. The maximum Gasteiger partial charge on any atom is 0.335 e. The summed E-state index contributed by atoms with van der Waals surface area (Å²) < 4.78 is 16.5. The van der Waals surface area contributed by atoms with E-state index in [0.717, 1.165) is 16.9 Å². The molecule has 3 aromatic carbocycles. The average molecular weight is 406 g/mol. The molecule has 0 saturated carbocycles. The van der Waals surface area contributed by atoms with Gasteiger partial charge in [-0.3, -0.25) is 5.43 Å². The van der Waals surface area contributed by atoms with Gasteiger partial charge in [0.05, 0.1) is 31.7 Å². The summed E-state index contributed by atoms with van der Waals surface area (Å²) in [6.07, 6.45) is 1.67. The highest BCUT2D eigenvalue weighted by atomic mass is 16.5. The normalized spacial score (nSPS) is 10.6. The van der Waals surface area contributed by atoms with Gasteiger partial charge in [-0.1, -0.05) is 6.07 Å². The van der Waals surface area contributed by atoms with Crippen LogP contribution in [-0.2, 0) is 6.61 Å². The molecule has 0 atom stereocenters. The molecule has 0 aromatic heterocycles. The van der Waals surface area contributed by atoms with E-state index >= 15 is 0 Å². The van der Waals surface area contributed by atoms with Gasteiger partial charge < -0.3 is 19.3 Å². The minimum Gasteiger partial charge on any atom is -0.497 e. The minimum absolute atomic E-state index is 0.223. The number of hydrogen-bond acceptors (Lipinski definition) is 6. The van der Waals surface area contributed by atoms with Gasteiger partial charge in [0.1, 0.15) is 23.9 Å². The standard InChI is InChI=1S/C23H22N2O5/c1-28-20-4-3-5-21(13-20)30-15-18-12-16(6-11-22(18)29-2)14-24-25-19-9-7-17(8-10-19)23(26)27/h3-14,25H,15H2,1-2H3,(H,26,27). The summed E-state index contributed by atoms with van der Waals surface area (Å²) in [5, 5.41) is 13.1. The van der Waals surface area contributed by atoms with Crippen LogP contribution in [0.3, 0.4) is 0 Å². The van der Waals surface area contributed by atoms with Gasteiger partial charge in [-0.15, -0.1) is 0 Å². The second-order valence-electron chi connectivity index (χ2n) is 6.29. The summed E-state index contributed by atoms with van der Waals surface area (Å²) in [7, 11) is 3.22. The van der Waals surface area contributed by atoms with Crippen molar-refractivity contribution in [3.05, 3.63) is 83.4 Å². The Bertz CT molecular complexity index is 1030. The lowest BCUT2D eigenvalue weighted by atomic mass is 10.1. The lowest BCUT2D eigenvalue weighted by molar-refractivity contribution is 0.0697. The molecule has 0 radical (unpaired) electrons. The fourth-order valence-corrected chi connectivity index (χ4v) is 2.71. The van der Waals surface area contributed by atoms with Gasteiger partial charge in [0.15, 0.2) is 0 Å². The molecule has 0 spiro atoms. The van der Waals surface area contributed by atoms with Crippen LogP contribution in [0.5, 0.6) is 17.2 Å². The topological polar surface area (TPSA) is 89.4 Å². The number of hydrogen-bond donors (Lipinski definition) is 2. The van der Waals surface area contributed by atoms with E-state index in [1.54, 1.807) is 32.6 Å². The number of methoxy groups -OCH3 is 2. The number of rotatable bonds is 9. The van der Waals surface area contributed by atoms with E-state index in [2.05, 4.69) is 10.5 Å². The van der Waals surface area contributed by atoms with E-state index in [0.29, 0.717) is 23.8 Å². The molecular formula is C23H22N2O5. The SMILES string of the molecule is COc1cccc(OCc2cc(C=NNc3ccc(C(=O)O)cc3)ccc2OC)c1. The van der Waals surface area contributed by atoms with Crippen LogP contribution >= 0.6 is 0 Å². The third kappa shape index (κ3) is 5.51. The summed E-state index contributed by atoms with van der Waals surface area (Å²) in [5.74, 6) is 1.17. The molecule has 3 aromatic rings. The first-order valence-electron chi connectivity index (χ1n) is 9.15. The highest BCUT2D eigenvalue weighted by Gasteiger charge is 2.06. The molecule has 3 rings (SSSR count). The second kappa shape index (κ2) is 9.97. The molecule has 0 aliphatic heterocycles. The van der Waals surface area contributed by atoms with Gasteiger partial charge in [0, 0.05) is 11.6 Å². The van der Waals surface area contributed by atoms with Crippen molar-refractivity contribution in [3.63, 3.8) is 0 Å². The molecule has 0 unspecified atom stereocenters. The van der Waals surface area contributed by atoms with Crippen molar-refractivity contribution in [2.24, 2.45) is 5.10 Å². The van der Waals surface area contributed by atoms with Crippen LogP contribution in [-0.4, -0.2) is 31.5 Å². The largest absolute Gasteiger partial charge is 0.497 e. The highest BCUT2D eigenvalue weighted by molar-refractivity contribution is 5.88. The zero-order valence-electron chi connectivity index (χ0n) is 16.7. The predicted molar refractivity (Wildman–Crippen MR) is 115 cm³/mol. The zero-order chi connectivity index (χ0) is 21.3. The second-order valence-corrected chi connectivity index (χ2v) is 6.29. The van der Waals surface area contributed by atoms with Crippen LogP contribution in [0.2, 0.25) is 0 Å². The Hall–Kier alpha value is -4.00. The van der Waals surface area contributed by atoms with Gasteiger partial charge >= 0.3 is 5.97 Å². The Balaban J connectivity index is 1.67. The number of nitrogens with zero attached hydrogens (tertiary/aromatic N) is 1. The number of carboxylic acids is 1. The van der Waals surface area contributed by atoms with E-state index in [1.165, 1.54) is 12.1 Å². The first-order valence-corrected chi connectivity index (χ1v) is 9.15. The van der Waals surface area contributed by atoms with Crippen LogP contribution in [0.25, 0.3) is 0 Å². The van der Waals surface area contributed by atoms with Crippen molar-refractivity contribution in [2.75, 3.05) is 19.6 Å². The lowest BCUT2D eigenvalue weighted by Gasteiger charge is -2.12. The Labute approximate surface area is 174 Å². The van der Waals surface area contributed by atoms with Gasteiger partial charge in [0.25, 0.3) is 0 Å². The van der Waals surface area contributed by atoms with Crippen molar-refractivity contribution in [2.45, 2.75) is 6.61 Å². The summed E-state index contributed by atoms with van der Waals surface area (Å²) in [4.78, 5) is 10.9. The number of hydrazone groups is 1. The fraction of sp³-hybridized carbons (Fsp3) is 0.130. The molecule has 154 valence electrons. The maximum atomic E-state index is 10.9. The molecule has 0 saturated heterocycles. The summed E-state index contributed by atoms with van der Waals surface area (Å²) in [6, 6.07) is 19.4. The summed E-state index contributed by atoms with van der Waals surface area (Å²) >= 11 is 0. The Morgan fingerprint density at radius 2 is 1.77 bits per heavy atom. The lowest BCUT2D eigenvalue weighted by Crippen LogP contribution is -2.01. The molecule has 0 aliphatic carbocycles. The maximum absolute atomic E-state index is 10.9. The first kappa shape index (κ1) is 20.7. The molecule has 0 fully saturated rings. The number of ether oxygens (including phenoxy) is 3. The van der Waals surface area contributed by atoms with Crippen molar-refractivity contribution < 1.29 is 24.1 Å². The van der Waals surface area contributed by atoms with E-state index in [9.17, 15) is 4.79 Å². The third-order valence-electron chi connectivity index (χ3n) is 4.28. The first-order chi connectivity index (χ1) is 14.6. The molecule has 2 N–H and O–H groups in total. The Kier molecular flexibility index (Phi) is 6.89. The number of aromatic carboxylic acids is 1. The van der Waals surface area contributed by atoms with Crippen molar-refractivity contribution >= 4 is 17.9 Å². The minimum atomic E-state index is -0.966. The van der Waals surface area contributed by atoms with Crippen LogP contribution in [0, 0.1) is 0 Å². The molecule has 0 amide bonds. The van der Waals surface area contributed by atoms with E-state index in [4.69, 9.17) is 19.3 Å². The van der Waals surface area contributed by atoms with Gasteiger partial charge in [0.2, 0.25) is 0 Å². The van der Waals surface area contributed by atoms with Crippen molar-refractivity contribution in [1.82, 2.24) is 0 Å². The zero-order valence-corrected chi connectivity index (χ0v) is 16.7. The number of benzene rings is 3. The monoisotopic (exact) mass is 406 g/mol. The number of anilines is 1. The fourth-order valence-electron chi connectivity index (χ4n) is 2.71. The summed E-state index contributed by atoms with van der Waals surface area (Å²) in [5.41, 5.74) is 5.51. The van der Waals surface area contributed by atoms with Crippen LogP contribution in [0.4, 0.5) is 5.69 Å². The Morgan fingerprint density at radius 3 is 2.47 bits per heavy atom. The Morgan fingerprint density at radius 1 is 1.00 bits per heavy atom. The predicted octanol–water partition coefficient (Wildman–Crippen LogP) is 4.43. The van der Waals surface area contributed by atoms with E-state index < -0.39 is 5.97 Å². The summed E-state index contributed by atoms with van der Waals surface area (Å²) in [6.45, 7) is 0.322. The molecule has 7 nitrogen and oxygen atoms in total. The molecule has 30 heavy (non-hydrogen) atoms. The molecule has 7 heteroatoms. The van der Waals surface area contributed by atoms with Crippen LogP contribution in [0.1, 0.15) is 21.5 Å². The molecule has 0 aliphatic rings. The van der Waals surface area contributed by atoms with Gasteiger partial charge in [-0.2, -0.15) is 5.10 Å². The van der Waals surface area contributed by atoms with Crippen LogP contribution in [0.15, 0.2) is 71.8 Å². The van der Waals surface area contributed by atoms with Gasteiger partial charge in [-0.25, -0.2) is 4.79 Å². The van der Waals surface area contributed by atoms with E-state index in [1.807, 2.05) is 42.5 Å². The van der Waals surface area contributed by atoms with Crippen molar-refractivity contribution in [1.29, 1.82) is 0 Å². The van der Waals surface area contributed by atoms with E-state index in [-0.39, 0.29) is 5.56 Å².